The molecule has 0 bridgehead atoms. The van der Waals surface area contributed by atoms with Gasteiger partial charge in [0, 0.05) is 44.3 Å². The van der Waals surface area contributed by atoms with E-state index in [1.54, 1.807) is 27.4 Å². The van der Waals surface area contributed by atoms with Gasteiger partial charge in [0.25, 0.3) is 0 Å². The molecule has 0 spiro atoms. The molecule has 200 valence electrons. The molecule has 6 rings (SSSR count). The van der Waals surface area contributed by atoms with E-state index in [4.69, 9.17) is 4.74 Å². The first kappa shape index (κ1) is 24.8. The number of fused-ring (bicyclic) bond motifs is 3. The van der Waals surface area contributed by atoms with E-state index in [1.165, 1.54) is 0 Å². The Hall–Kier alpha value is -4.54. The Bertz CT molecular complexity index is 1780. The van der Waals surface area contributed by atoms with Crippen LogP contribution in [0.2, 0.25) is 0 Å². The van der Waals surface area contributed by atoms with Crippen LogP contribution in [0.3, 0.4) is 0 Å². The Balaban J connectivity index is 1.40. The summed E-state index contributed by atoms with van der Waals surface area (Å²) < 4.78 is 10.7. The van der Waals surface area contributed by atoms with Gasteiger partial charge in [0.1, 0.15) is 11.3 Å². The maximum atomic E-state index is 13.5. The van der Waals surface area contributed by atoms with Gasteiger partial charge in [-0.3, -0.25) is 23.8 Å². The molecule has 1 aromatic carbocycles. The van der Waals surface area contributed by atoms with Gasteiger partial charge in [0.15, 0.2) is 0 Å². The van der Waals surface area contributed by atoms with Crippen molar-refractivity contribution in [3.8, 4) is 22.5 Å². The second kappa shape index (κ2) is 9.04. The number of hydrogen-bond acceptors (Lipinski definition) is 7. The van der Waals surface area contributed by atoms with Crippen LogP contribution < -0.4 is 5.69 Å². The van der Waals surface area contributed by atoms with Gasteiger partial charge < -0.3 is 9.64 Å². The summed E-state index contributed by atoms with van der Waals surface area (Å²) in [6.07, 6.45) is 5.68. The zero-order chi connectivity index (χ0) is 27.5. The molecule has 0 N–H and O–H groups in total. The van der Waals surface area contributed by atoms with Crippen LogP contribution in [0.15, 0.2) is 53.7 Å². The lowest BCUT2D eigenvalue weighted by molar-refractivity contribution is 0.0289. The van der Waals surface area contributed by atoms with Crippen LogP contribution in [0.5, 0.6) is 0 Å². The first-order chi connectivity index (χ1) is 18.6. The molecule has 1 aliphatic rings. The molecule has 1 amide bonds. The van der Waals surface area contributed by atoms with Crippen molar-refractivity contribution in [2.45, 2.75) is 38.8 Å². The smallest absolute Gasteiger partial charge is 0.410 e. The van der Waals surface area contributed by atoms with Gasteiger partial charge in [-0.2, -0.15) is 0 Å². The monoisotopic (exact) mass is 526 g/mol. The SMILES string of the molecule is Cn1cc(-c2ccc(-c3ccc4ncc5c(c4c3)n([C@H]3CCN(C(=O)OC(C)(C)C)C3)c(=O)n5C)cn2)nn1. The number of amides is 1. The van der Waals surface area contributed by atoms with Crippen LogP contribution in [-0.4, -0.2) is 63.8 Å². The summed E-state index contributed by atoms with van der Waals surface area (Å²) >= 11 is 0. The van der Waals surface area contributed by atoms with Crippen LogP contribution in [0.1, 0.15) is 33.2 Å². The van der Waals surface area contributed by atoms with E-state index < -0.39 is 5.60 Å². The van der Waals surface area contributed by atoms with Gasteiger partial charge in [-0.1, -0.05) is 17.3 Å². The Labute approximate surface area is 224 Å². The molecule has 1 fully saturated rings. The summed E-state index contributed by atoms with van der Waals surface area (Å²) in [5, 5.41) is 8.98. The Kier molecular flexibility index (Phi) is 5.74. The highest BCUT2D eigenvalue weighted by molar-refractivity contribution is 6.04. The highest BCUT2D eigenvalue weighted by atomic mass is 16.6. The van der Waals surface area contributed by atoms with Crippen molar-refractivity contribution in [1.29, 1.82) is 0 Å². The molecule has 11 nitrogen and oxygen atoms in total. The fraction of sp³-hybridized carbons (Fsp3) is 0.357. The van der Waals surface area contributed by atoms with Crippen LogP contribution in [-0.2, 0) is 18.8 Å². The fourth-order valence-electron chi connectivity index (χ4n) is 5.17. The summed E-state index contributed by atoms with van der Waals surface area (Å²) in [7, 11) is 3.58. The Morgan fingerprint density at radius 2 is 1.82 bits per heavy atom. The molecule has 1 saturated heterocycles. The van der Waals surface area contributed by atoms with Gasteiger partial charge in [0.05, 0.1) is 40.7 Å². The maximum Gasteiger partial charge on any atom is 0.410 e. The third-order valence-electron chi connectivity index (χ3n) is 7.06. The number of carbonyl (C=O) groups is 1. The zero-order valence-corrected chi connectivity index (χ0v) is 22.6. The minimum atomic E-state index is -0.578. The number of aromatic nitrogens is 7. The number of ether oxygens (including phenoxy) is 1. The number of nitrogens with zero attached hydrogens (tertiary/aromatic N) is 8. The molecule has 0 radical (unpaired) electrons. The van der Waals surface area contributed by atoms with Crippen molar-refractivity contribution in [2.75, 3.05) is 13.1 Å². The van der Waals surface area contributed by atoms with E-state index >= 15 is 0 Å². The number of rotatable bonds is 3. The molecule has 1 atom stereocenters. The standard InChI is InChI=1S/C28H30N8O3/c1-28(2,3)39-27(38)35-11-10-19(15-35)36-25-20-12-17(6-8-21(20)30-14-24(25)34(5)26(36)37)18-7-9-22(29-13-18)23-16-33(4)32-31-23/h6-9,12-14,16,19H,10-11,15H2,1-5H3/t19-/m0/s1. The van der Waals surface area contributed by atoms with Crippen LogP contribution in [0, 0.1) is 0 Å². The number of aryl methyl sites for hydroxylation is 2. The predicted molar refractivity (Wildman–Crippen MR) is 147 cm³/mol. The molecule has 11 heteroatoms. The third kappa shape index (κ3) is 4.43. The van der Waals surface area contributed by atoms with Crippen molar-refractivity contribution in [3.05, 3.63) is 59.4 Å². The second-order valence-corrected chi connectivity index (χ2v) is 11.0. The highest BCUT2D eigenvalue weighted by Gasteiger charge is 2.33. The van der Waals surface area contributed by atoms with Crippen LogP contribution in [0.4, 0.5) is 4.79 Å². The second-order valence-electron chi connectivity index (χ2n) is 11.0. The van der Waals surface area contributed by atoms with Crippen molar-refractivity contribution >= 4 is 28.0 Å². The molecule has 5 heterocycles. The average Bonchev–Trinajstić information content (AvgIpc) is 3.62. The van der Waals surface area contributed by atoms with E-state index in [0.717, 1.165) is 38.8 Å². The van der Waals surface area contributed by atoms with Gasteiger partial charge in [-0.25, -0.2) is 9.59 Å². The summed E-state index contributed by atoms with van der Waals surface area (Å²) in [5.74, 6) is 0. The molecule has 5 aromatic rings. The summed E-state index contributed by atoms with van der Waals surface area (Å²) in [6.45, 7) is 6.49. The van der Waals surface area contributed by atoms with Crippen molar-refractivity contribution in [2.24, 2.45) is 14.1 Å². The first-order valence-corrected chi connectivity index (χ1v) is 12.9. The van der Waals surface area contributed by atoms with Gasteiger partial charge in [0.2, 0.25) is 0 Å². The average molecular weight is 527 g/mol. The van der Waals surface area contributed by atoms with Crippen molar-refractivity contribution in [1.82, 2.24) is 39.0 Å². The molecule has 0 unspecified atom stereocenters. The minimum Gasteiger partial charge on any atom is -0.444 e. The molecule has 39 heavy (non-hydrogen) atoms. The lowest BCUT2D eigenvalue weighted by Gasteiger charge is -2.24. The first-order valence-electron chi connectivity index (χ1n) is 12.9. The molecule has 1 aliphatic heterocycles. The summed E-state index contributed by atoms with van der Waals surface area (Å²) in [4.78, 5) is 37.1. The quantitative estimate of drug-likeness (QED) is 0.350. The largest absolute Gasteiger partial charge is 0.444 e. The molecule has 4 aromatic heterocycles. The Morgan fingerprint density at radius 1 is 1.03 bits per heavy atom. The highest BCUT2D eigenvalue weighted by Crippen LogP contribution is 2.32. The number of imidazole rings is 1. The summed E-state index contributed by atoms with van der Waals surface area (Å²) in [5.41, 5.74) is 4.98. The van der Waals surface area contributed by atoms with Crippen LogP contribution in [0.25, 0.3) is 44.5 Å². The molecule has 0 saturated carbocycles. The minimum absolute atomic E-state index is 0.129. The number of hydrogen-bond donors (Lipinski definition) is 0. The molecular formula is C28H30N8O3. The summed E-state index contributed by atoms with van der Waals surface area (Å²) in [6, 6.07) is 9.77. The van der Waals surface area contributed by atoms with Gasteiger partial charge in [-0.15, -0.1) is 5.10 Å². The van der Waals surface area contributed by atoms with E-state index in [0.29, 0.717) is 25.2 Å². The predicted octanol–water partition coefficient (Wildman–Crippen LogP) is 3.93. The third-order valence-corrected chi connectivity index (χ3v) is 7.06. The van der Waals surface area contributed by atoms with Gasteiger partial charge in [-0.05, 0) is 51.0 Å². The fourth-order valence-corrected chi connectivity index (χ4v) is 5.17. The molecular weight excluding hydrogens is 496 g/mol. The van der Waals surface area contributed by atoms with Crippen LogP contribution >= 0.6 is 0 Å². The normalized spacial score (nSPS) is 15.9. The number of benzene rings is 1. The lowest BCUT2D eigenvalue weighted by Crippen LogP contribution is -2.36. The van der Waals surface area contributed by atoms with Crippen molar-refractivity contribution < 1.29 is 9.53 Å². The van der Waals surface area contributed by atoms with E-state index in [1.807, 2.05) is 69.0 Å². The number of likely N-dealkylation sites (tertiary alicyclic amines) is 1. The van der Waals surface area contributed by atoms with Crippen molar-refractivity contribution in [3.63, 3.8) is 0 Å². The Morgan fingerprint density at radius 3 is 2.51 bits per heavy atom. The van der Waals surface area contributed by atoms with Gasteiger partial charge >= 0.3 is 11.8 Å². The van der Waals surface area contributed by atoms with E-state index in [9.17, 15) is 9.59 Å². The lowest BCUT2D eigenvalue weighted by atomic mass is 10.0. The zero-order valence-electron chi connectivity index (χ0n) is 22.6. The topological polar surface area (TPSA) is 113 Å². The maximum absolute atomic E-state index is 13.5. The van der Waals surface area contributed by atoms with E-state index in [2.05, 4.69) is 26.3 Å². The number of carbonyl (C=O) groups excluding carboxylic acids is 1. The molecule has 0 aliphatic carbocycles. The van der Waals surface area contributed by atoms with E-state index in [-0.39, 0.29) is 17.8 Å². The number of pyridine rings is 2.